The van der Waals surface area contributed by atoms with Gasteiger partial charge in [-0.3, -0.25) is 0 Å². The molecule has 1 atom stereocenters. The number of phenols is 1. The third-order valence-corrected chi connectivity index (χ3v) is 6.33. The van der Waals surface area contributed by atoms with E-state index in [0.717, 1.165) is 51.9 Å². The molecule has 0 amide bonds. The van der Waals surface area contributed by atoms with Gasteiger partial charge in [-0.1, -0.05) is 31.0 Å². The molecule has 0 saturated carbocycles. The summed E-state index contributed by atoms with van der Waals surface area (Å²) in [4.78, 5) is 2.46. The lowest BCUT2D eigenvalue weighted by Crippen LogP contribution is -2.22. The van der Waals surface area contributed by atoms with E-state index in [0.29, 0.717) is 17.7 Å². The highest BCUT2D eigenvalue weighted by Gasteiger charge is 2.12. The van der Waals surface area contributed by atoms with Gasteiger partial charge in [-0.05, 0) is 74.0 Å². The highest BCUT2D eigenvalue weighted by Crippen LogP contribution is 2.22. The average molecular weight is 457 g/mol. The Morgan fingerprint density at radius 3 is 2.45 bits per heavy atom. The van der Waals surface area contributed by atoms with Crippen molar-refractivity contribution >= 4 is 5.69 Å². The topological polar surface area (TPSA) is 85.2 Å². The molecule has 6 heteroatoms. The fourth-order valence-corrected chi connectivity index (χ4v) is 4.24. The summed E-state index contributed by atoms with van der Waals surface area (Å²) in [5.41, 5.74) is 3.82. The van der Waals surface area contributed by atoms with E-state index < -0.39 is 6.10 Å². The molecule has 1 fully saturated rings. The lowest BCUT2D eigenvalue weighted by Gasteiger charge is -2.17. The molecule has 0 spiro atoms. The molecule has 1 heterocycles. The highest BCUT2D eigenvalue weighted by atomic mass is 16.5. The number of hydrogen-bond acceptors (Lipinski definition) is 6. The number of anilines is 1. The van der Waals surface area contributed by atoms with Crippen LogP contribution >= 0.6 is 0 Å². The van der Waals surface area contributed by atoms with Crippen molar-refractivity contribution in [1.29, 1.82) is 0 Å². The number of rotatable bonds is 15. The normalized spacial score (nSPS) is 14.7. The molecular formula is C27H40N2O4. The van der Waals surface area contributed by atoms with Crippen LogP contribution in [0.5, 0.6) is 5.75 Å². The van der Waals surface area contributed by atoms with Crippen molar-refractivity contribution in [2.75, 3.05) is 44.3 Å². The molecule has 0 radical (unpaired) electrons. The maximum Gasteiger partial charge on any atom is 0.121 e. The summed E-state index contributed by atoms with van der Waals surface area (Å²) in [6, 6.07) is 13.8. The van der Waals surface area contributed by atoms with Crippen molar-refractivity contribution in [3.63, 3.8) is 0 Å². The Balaban J connectivity index is 1.15. The quantitative estimate of drug-likeness (QED) is 0.304. The standard InChI is InChI=1S/C27H40N2O4/c30-21-24-19-23(9-12-26(24)31)27(32)20-28-14-3-1-2-6-17-33-18-13-22-7-10-25(11-8-22)29-15-4-5-16-29/h7-12,19,27-28,30-32H,1-6,13-18,20-21H2. The van der Waals surface area contributed by atoms with E-state index in [1.54, 1.807) is 12.1 Å². The van der Waals surface area contributed by atoms with Crippen molar-refractivity contribution in [2.45, 2.75) is 57.7 Å². The Bertz CT molecular complexity index is 806. The molecule has 1 unspecified atom stereocenters. The van der Waals surface area contributed by atoms with Crippen LogP contribution in [0.2, 0.25) is 0 Å². The first-order valence-electron chi connectivity index (χ1n) is 12.4. The summed E-state index contributed by atoms with van der Waals surface area (Å²) in [6.45, 7) is 5.03. The fourth-order valence-electron chi connectivity index (χ4n) is 4.24. The Morgan fingerprint density at radius 1 is 0.939 bits per heavy atom. The van der Waals surface area contributed by atoms with Crippen LogP contribution in [0.15, 0.2) is 42.5 Å². The number of benzene rings is 2. The van der Waals surface area contributed by atoms with E-state index in [9.17, 15) is 15.3 Å². The summed E-state index contributed by atoms with van der Waals surface area (Å²) in [5.74, 6) is 0.0527. The Morgan fingerprint density at radius 2 is 1.70 bits per heavy atom. The molecule has 4 N–H and O–H groups in total. The second kappa shape index (κ2) is 14.2. The molecule has 0 bridgehead atoms. The number of aromatic hydroxyl groups is 1. The van der Waals surface area contributed by atoms with E-state index in [1.165, 1.54) is 43.2 Å². The van der Waals surface area contributed by atoms with Gasteiger partial charge >= 0.3 is 0 Å². The largest absolute Gasteiger partial charge is 0.508 e. The molecule has 1 aliphatic rings. The zero-order valence-corrected chi connectivity index (χ0v) is 19.7. The van der Waals surface area contributed by atoms with E-state index >= 15 is 0 Å². The minimum atomic E-state index is -0.652. The van der Waals surface area contributed by atoms with Crippen LogP contribution in [0.4, 0.5) is 5.69 Å². The van der Waals surface area contributed by atoms with Crippen LogP contribution in [0.1, 0.15) is 61.3 Å². The summed E-state index contributed by atoms with van der Waals surface area (Å²) < 4.78 is 5.81. The summed E-state index contributed by atoms with van der Waals surface area (Å²) in [5, 5.41) is 32.4. The second-order valence-electron chi connectivity index (χ2n) is 8.90. The molecule has 182 valence electrons. The number of nitrogens with one attached hydrogen (secondary N) is 1. The molecular weight excluding hydrogens is 416 g/mol. The van der Waals surface area contributed by atoms with Crippen molar-refractivity contribution in [1.82, 2.24) is 5.32 Å². The predicted octanol–water partition coefficient (Wildman–Crippen LogP) is 3.93. The first-order valence-corrected chi connectivity index (χ1v) is 12.4. The highest BCUT2D eigenvalue weighted by molar-refractivity contribution is 5.48. The summed E-state index contributed by atoms with van der Waals surface area (Å²) >= 11 is 0. The van der Waals surface area contributed by atoms with Crippen molar-refractivity contribution < 1.29 is 20.1 Å². The monoisotopic (exact) mass is 456 g/mol. The first-order chi connectivity index (χ1) is 16.2. The zero-order valence-electron chi connectivity index (χ0n) is 19.7. The Labute approximate surface area is 198 Å². The predicted molar refractivity (Wildman–Crippen MR) is 133 cm³/mol. The third kappa shape index (κ3) is 8.63. The van der Waals surface area contributed by atoms with E-state index in [1.807, 2.05) is 0 Å². The SMILES string of the molecule is OCc1cc(C(O)CNCCCCCCOCCc2ccc(N3CCCC3)cc2)ccc1O. The number of aliphatic hydroxyl groups is 2. The van der Waals surface area contributed by atoms with Gasteiger partial charge in [0.1, 0.15) is 5.75 Å². The van der Waals surface area contributed by atoms with Crippen LogP contribution in [0.3, 0.4) is 0 Å². The van der Waals surface area contributed by atoms with Gasteiger partial charge in [0.25, 0.3) is 0 Å². The lowest BCUT2D eigenvalue weighted by molar-refractivity contribution is 0.133. The van der Waals surface area contributed by atoms with Crippen LogP contribution in [-0.4, -0.2) is 54.7 Å². The second-order valence-corrected chi connectivity index (χ2v) is 8.90. The van der Waals surface area contributed by atoms with E-state index in [-0.39, 0.29) is 12.4 Å². The summed E-state index contributed by atoms with van der Waals surface area (Å²) in [6.07, 6.45) is 7.35. The Kier molecular flexibility index (Phi) is 11.0. The van der Waals surface area contributed by atoms with Gasteiger partial charge in [0, 0.05) is 37.5 Å². The van der Waals surface area contributed by atoms with Gasteiger partial charge in [-0.25, -0.2) is 0 Å². The maximum absolute atomic E-state index is 10.3. The van der Waals surface area contributed by atoms with Gasteiger partial charge in [0.2, 0.25) is 0 Å². The van der Waals surface area contributed by atoms with Gasteiger partial charge in [-0.15, -0.1) is 0 Å². The Hall–Kier alpha value is -2.12. The van der Waals surface area contributed by atoms with Crippen molar-refractivity contribution in [2.24, 2.45) is 0 Å². The van der Waals surface area contributed by atoms with Crippen LogP contribution in [-0.2, 0) is 17.8 Å². The zero-order chi connectivity index (χ0) is 23.3. The van der Waals surface area contributed by atoms with Gasteiger partial charge in [0.05, 0.1) is 19.3 Å². The molecule has 1 aliphatic heterocycles. The maximum atomic E-state index is 10.3. The molecule has 1 saturated heterocycles. The summed E-state index contributed by atoms with van der Waals surface area (Å²) in [7, 11) is 0. The number of aliphatic hydroxyl groups excluding tert-OH is 2. The van der Waals surface area contributed by atoms with Crippen LogP contribution in [0, 0.1) is 0 Å². The number of hydrogen-bond donors (Lipinski definition) is 4. The molecule has 3 rings (SSSR count). The first kappa shape index (κ1) is 25.5. The van der Waals surface area contributed by atoms with Gasteiger partial charge < -0.3 is 30.3 Å². The average Bonchev–Trinajstić information content (AvgIpc) is 3.38. The molecule has 2 aromatic carbocycles. The van der Waals surface area contributed by atoms with Crippen molar-refractivity contribution in [3.8, 4) is 5.75 Å². The molecule has 33 heavy (non-hydrogen) atoms. The lowest BCUT2D eigenvalue weighted by atomic mass is 10.1. The molecule has 0 aliphatic carbocycles. The minimum Gasteiger partial charge on any atom is -0.508 e. The fraction of sp³-hybridized carbons (Fsp3) is 0.556. The van der Waals surface area contributed by atoms with E-state index in [4.69, 9.17) is 4.74 Å². The van der Waals surface area contributed by atoms with Gasteiger partial charge in [-0.2, -0.15) is 0 Å². The minimum absolute atomic E-state index is 0.0527. The molecule has 0 aromatic heterocycles. The molecule has 6 nitrogen and oxygen atoms in total. The third-order valence-electron chi connectivity index (χ3n) is 6.33. The smallest absolute Gasteiger partial charge is 0.121 e. The van der Waals surface area contributed by atoms with Crippen LogP contribution < -0.4 is 10.2 Å². The van der Waals surface area contributed by atoms with E-state index in [2.05, 4.69) is 34.5 Å². The number of unbranched alkanes of at least 4 members (excludes halogenated alkanes) is 3. The van der Waals surface area contributed by atoms with Crippen molar-refractivity contribution in [3.05, 3.63) is 59.2 Å². The number of ether oxygens (including phenoxy) is 1. The number of nitrogens with zero attached hydrogens (tertiary/aromatic N) is 1. The van der Waals surface area contributed by atoms with Crippen LogP contribution in [0.25, 0.3) is 0 Å². The van der Waals surface area contributed by atoms with Gasteiger partial charge in [0.15, 0.2) is 0 Å². The molecule has 2 aromatic rings.